The van der Waals surface area contributed by atoms with E-state index in [-0.39, 0.29) is 11.5 Å². The fourth-order valence-electron chi connectivity index (χ4n) is 1.58. The molecule has 0 radical (unpaired) electrons. The van der Waals surface area contributed by atoms with Gasteiger partial charge in [-0.2, -0.15) is 0 Å². The quantitative estimate of drug-likeness (QED) is 0.345. The SMILES string of the molecule is CC(CBr)(C[N+](=O)[O-])[Si](C)(C)Oc1ccccc1. The lowest BCUT2D eigenvalue weighted by Crippen LogP contribution is -2.51. The third kappa shape index (κ3) is 3.55. The zero-order valence-electron chi connectivity index (χ0n) is 10.9. The maximum atomic E-state index is 10.8. The average Bonchev–Trinajstić information content (AvgIpc) is 2.28. The van der Waals surface area contributed by atoms with Crippen molar-refractivity contribution in [2.45, 2.75) is 25.1 Å². The van der Waals surface area contributed by atoms with Gasteiger partial charge in [-0.15, -0.1) is 0 Å². The summed E-state index contributed by atoms with van der Waals surface area (Å²) in [6.45, 7) is 5.87. The second-order valence-corrected chi connectivity index (χ2v) is 10.1. The van der Waals surface area contributed by atoms with Crippen molar-refractivity contribution in [1.82, 2.24) is 0 Å². The number of alkyl halides is 1. The number of benzene rings is 1. The molecule has 0 spiro atoms. The standard InChI is InChI=1S/C12H18BrNO3Si/c1-12(9-13,10-14(15)16)18(2,3)17-11-7-5-4-6-8-11/h4-8H,9-10H2,1-3H3. The van der Waals surface area contributed by atoms with Crippen LogP contribution in [0.25, 0.3) is 0 Å². The molecule has 1 atom stereocenters. The molecule has 18 heavy (non-hydrogen) atoms. The molecule has 0 aliphatic heterocycles. The first-order valence-corrected chi connectivity index (χ1v) is 9.75. The lowest BCUT2D eigenvalue weighted by atomic mass is 10.2. The minimum absolute atomic E-state index is 0.0791. The first-order valence-electron chi connectivity index (χ1n) is 5.72. The van der Waals surface area contributed by atoms with Gasteiger partial charge in [-0.1, -0.05) is 41.1 Å². The van der Waals surface area contributed by atoms with Gasteiger partial charge in [0.25, 0.3) is 8.32 Å². The van der Waals surface area contributed by atoms with E-state index in [0.717, 1.165) is 5.75 Å². The van der Waals surface area contributed by atoms with Crippen molar-refractivity contribution in [2.75, 3.05) is 11.9 Å². The molecular formula is C12H18BrNO3Si. The van der Waals surface area contributed by atoms with Crippen LogP contribution in [-0.4, -0.2) is 25.1 Å². The molecule has 0 aliphatic rings. The highest BCUT2D eigenvalue weighted by molar-refractivity contribution is 9.09. The molecule has 6 heteroatoms. The summed E-state index contributed by atoms with van der Waals surface area (Å²) in [6, 6.07) is 9.49. The van der Waals surface area contributed by atoms with Gasteiger partial charge in [0.2, 0.25) is 6.54 Å². The van der Waals surface area contributed by atoms with Crippen LogP contribution in [0.15, 0.2) is 30.3 Å². The Bertz CT molecular complexity index is 413. The molecule has 0 saturated carbocycles. The number of para-hydroxylation sites is 1. The molecule has 0 N–H and O–H groups in total. The van der Waals surface area contributed by atoms with Crippen LogP contribution in [0.5, 0.6) is 5.75 Å². The molecule has 1 rings (SSSR count). The number of nitro groups is 1. The Morgan fingerprint density at radius 1 is 1.39 bits per heavy atom. The first-order chi connectivity index (χ1) is 8.31. The predicted octanol–water partition coefficient (Wildman–Crippen LogP) is 3.70. The number of hydrogen-bond acceptors (Lipinski definition) is 3. The van der Waals surface area contributed by atoms with E-state index in [1.807, 2.05) is 50.3 Å². The van der Waals surface area contributed by atoms with Crippen molar-refractivity contribution in [3.05, 3.63) is 40.4 Å². The molecule has 0 aliphatic carbocycles. The second-order valence-electron chi connectivity index (χ2n) is 5.11. The van der Waals surface area contributed by atoms with E-state index in [4.69, 9.17) is 4.43 Å². The van der Waals surface area contributed by atoms with Gasteiger partial charge in [0.1, 0.15) is 5.75 Å². The third-order valence-electron chi connectivity index (χ3n) is 3.34. The Kier molecular flexibility index (Phi) is 4.92. The van der Waals surface area contributed by atoms with Crippen molar-refractivity contribution in [1.29, 1.82) is 0 Å². The number of rotatable bonds is 6. The maximum absolute atomic E-state index is 10.8. The van der Waals surface area contributed by atoms with Gasteiger partial charge in [-0.3, -0.25) is 10.1 Å². The van der Waals surface area contributed by atoms with Crippen LogP contribution in [0.2, 0.25) is 18.1 Å². The first kappa shape index (κ1) is 15.2. The van der Waals surface area contributed by atoms with Gasteiger partial charge in [0, 0.05) is 10.3 Å². The van der Waals surface area contributed by atoms with Crippen LogP contribution < -0.4 is 4.43 Å². The Hall–Kier alpha value is -0.883. The molecule has 0 saturated heterocycles. The topological polar surface area (TPSA) is 52.4 Å². The van der Waals surface area contributed by atoms with Crippen LogP contribution in [0, 0.1) is 10.1 Å². The van der Waals surface area contributed by atoms with Gasteiger partial charge >= 0.3 is 0 Å². The van der Waals surface area contributed by atoms with Gasteiger partial charge < -0.3 is 4.43 Å². The molecule has 1 unspecified atom stereocenters. The van der Waals surface area contributed by atoms with Crippen LogP contribution >= 0.6 is 15.9 Å². The Morgan fingerprint density at radius 2 is 1.94 bits per heavy atom. The zero-order chi connectivity index (χ0) is 13.8. The summed E-state index contributed by atoms with van der Waals surface area (Å²) in [5.74, 6) is 0.782. The van der Waals surface area contributed by atoms with E-state index in [1.165, 1.54) is 0 Å². The van der Waals surface area contributed by atoms with Crippen molar-refractivity contribution >= 4 is 24.2 Å². The Labute approximate surface area is 117 Å². The number of nitrogens with zero attached hydrogens (tertiary/aromatic N) is 1. The molecule has 1 aromatic rings. The smallest absolute Gasteiger partial charge is 0.258 e. The number of hydrogen-bond donors (Lipinski definition) is 0. The maximum Gasteiger partial charge on any atom is 0.258 e. The summed E-state index contributed by atoms with van der Waals surface area (Å²) in [5, 5.41) is 10.9. The zero-order valence-corrected chi connectivity index (χ0v) is 13.4. The third-order valence-corrected chi connectivity index (χ3v) is 9.09. The predicted molar refractivity (Wildman–Crippen MR) is 78.6 cm³/mol. The highest BCUT2D eigenvalue weighted by atomic mass is 79.9. The van der Waals surface area contributed by atoms with E-state index in [1.54, 1.807) is 0 Å². The van der Waals surface area contributed by atoms with Gasteiger partial charge in [-0.25, -0.2) is 0 Å². The highest BCUT2D eigenvalue weighted by Gasteiger charge is 2.49. The normalized spacial score (nSPS) is 14.9. The molecule has 0 heterocycles. The van der Waals surface area contributed by atoms with Crippen molar-refractivity contribution < 1.29 is 9.35 Å². The van der Waals surface area contributed by atoms with E-state index in [0.29, 0.717) is 5.33 Å². The molecule has 0 fully saturated rings. The molecule has 100 valence electrons. The summed E-state index contributed by atoms with van der Waals surface area (Å²) in [6.07, 6.45) is 0. The molecular weight excluding hydrogens is 314 g/mol. The second kappa shape index (κ2) is 5.84. The molecule has 0 aromatic heterocycles. The Balaban J connectivity index is 2.92. The summed E-state index contributed by atoms with van der Waals surface area (Å²) < 4.78 is 6.06. The van der Waals surface area contributed by atoms with E-state index in [2.05, 4.69) is 15.9 Å². The fraction of sp³-hybridized carbons (Fsp3) is 0.500. The van der Waals surface area contributed by atoms with Crippen LogP contribution in [0.4, 0.5) is 0 Å². The van der Waals surface area contributed by atoms with E-state index >= 15 is 0 Å². The molecule has 4 nitrogen and oxygen atoms in total. The van der Waals surface area contributed by atoms with Gasteiger partial charge in [0.05, 0.1) is 5.04 Å². The monoisotopic (exact) mass is 331 g/mol. The van der Waals surface area contributed by atoms with Gasteiger partial charge in [-0.05, 0) is 25.2 Å². The number of halogens is 1. The summed E-state index contributed by atoms with van der Waals surface area (Å²) >= 11 is 3.40. The molecule has 0 bridgehead atoms. The highest BCUT2D eigenvalue weighted by Crippen LogP contribution is 2.40. The fourth-order valence-corrected chi connectivity index (χ4v) is 5.59. The lowest BCUT2D eigenvalue weighted by molar-refractivity contribution is -0.485. The van der Waals surface area contributed by atoms with E-state index < -0.39 is 13.4 Å². The lowest BCUT2D eigenvalue weighted by Gasteiger charge is -2.37. The summed E-state index contributed by atoms with van der Waals surface area (Å²) in [7, 11) is -2.25. The average molecular weight is 332 g/mol. The van der Waals surface area contributed by atoms with Crippen LogP contribution in [0.3, 0.4) is 0 Å². The summed E-state index contributed by atoms with van der Waals surface area (Å²) in [4.78, 5) is 10.6. The Morgan fingerprint density at radius 3 is 2.39 bits per heavy atom. The minimum Gasteiger partial charge on any atom is -0.543 e. The minimum atomic E-state index is -2.25. The van der Waals surface area contributed by atoms with Crippen LogP contribution in [-0.2, 0) is 0 Å². The van der Waals surface area contributed by atoms with Crippen molar-refractivity contribution in [3.8, 4) is 5.75 Å². The molecule has 1 aromatic carbocycles. The van der Waals surface area contributed by atoms with Crippen molar-refractivity contribution in [3.63, 3.8) is 0 Å². The van der Waals surface area contributed by atoms with E-state index in [9.17, 15) is 10.1 Å². The van der Waals surface area contributed by atoms with Crippen LogP contribution in [0.1, 0.15) is 6.92 Å². The van der Waals surface area contributed by atoms with Crippen molar-refractivity contribution in [2.24, 2.45) is 0 Å². The van der Waals surface area contributed by atoms with Gasteiger partial charge in [0.15, 0.2) is 0 Å². The largest absolute Gasteiger partial charge is 0.543 e. The summed E-state index contributed by atoms with van der Waals surface area (Å²) in [5.41, 5.74) is 0. The molecule has 0 amide bonds.